The van der Waals surface area contributed by atoms with Crippen molar-refractivity contribution in [3.63, 3.8) is 0 Å². The highest BCUT2D eigenvalue weighted by Crippen LogP contribution is 2.45. The van der Waals surface area contributed by atoms with Crippen molar-refractivity contribution in [3.8, 4) is 0 Å². The first-order valence-electron chi connectivity index (χ1n) is 9.94. The van der Waals surface area contributed by atoms with E-state index in [1.807, 2.05) is 24.4 Å². The molecule has 29 heavy (non-hydrogen) atoms. The van der Waals surface area contributed by atoms with Gasteiger partial charge in [0.1, 0.15) is 0 Å². The molecule has 0 saturated heterocycles. The first-order valence-corrected chi connectivity index (χ1v) is 12.3. The van der Waals surface area contributed by atoms with E-state index in [2.05, 4.69) is 35.7 Å². The van der Waals surface area contributed by atoms with Crippen molar-refractivity contribution in [2.45, 2.75) is 37.1 Å². The van der Waals surface area contributed by atoms with E-state index in [9.17, 15) is 8.42 Å². The van der Waals surface area contributed by atoms with Gasteiger partial charge in [-0.15, -0.1) is 0 Å². The maximum Gasteiger partial charge on any atom is 0.243 e. The van der Waals surface area contributed by atoms with Crippen LogP contribution in [0.3, 0.4) is 0 Å². The van der Waals surface area contributed by atoms with Crippen LogP contribution in [0.25, 0.3) is 5.57 Å². The Hall–Kier alpha value is -2.21. The van der Waals surface area contributed by atoms with Crippen LogP contribution < -0.4 is 0 Å². The van der Waals surface area contributed by atoms with Gasteiger partial charge in [0.25, 0.3) is 0 Å². The Morgan fingerprint density at radius 2 is 1.79 bits per heavy atom. The zero-order valence-corrected chi connectivity index (χ0v) is 18.0. The van der Waals surface area contributed by atoms with Crippen LogP contribution in [0.15, 0.2) is 75.8 Å². The van der Waals surface area contributed by atoms with Crippen LogP contribution in [0.4, 0.5) is 0 Å². The number of rotatable bonds is 3. The third kappa shape index (κ3) is 3.27. The van der Waals surface area contributed by atoms with Crippen LogP contribution in [0, 0.1) is 6.92 Å². The molecule has 1 atom stereocenters. The average Bonchev–Trinajstić information content (AvgIpc) is 3.28. The first kappa shape index (κ1) is 18.8. The highest BCUT2D eigenvalue weighted by atomic mass is 32.2. The molecular weight excluding hydrogens is 398 g/mol. The van der Waals surface area contributed by atoms with Crippen molar-refractivity contribution in [3.05, 3.63) is 93.2 Å². The topological polar surface area (TPSA) is 37.4 Å². The molecule has 2 aromatic carbocycles. The molecule has 0 amide bonds. The fourth-order valence-corrected chi connectivity index (χ4v) is 6.84. The number of hydrogen-bond acceptors (Lipinski definition) is 3. The maximum absolute atomic E-state index is 13.6. The molecular formula is C24H23NO2S2. The minimum Gasteiger partial charge on any atom is -0.207 e. The summed E-state index contributed by atoms with van der Waals surface area (Å²) < 4.78 is 29.0. The molecule has 5 rings (SSSR count). The molecule has 1 aliphatic carbocycles. The lowest BCUT2D eigenvalue weighted by atomic mass is 9.80. The Balaban J connectivity index is 1.62. The van der Waals surface area contributed by atoms with Gasteiger partial charge < -0.3 is 0 Å². The van der Waals surface area contributed by atoms with E-state index < -0.39 is 10.0 Å². The molecule has 0 N–H and O–H groups in total. The van der Waals surface area contributed by atoms with Crippen LogP contribution in [0.1, 0.15) is 41.1 Å². The molecule has 1 unspecified atom stereocenters. The van der Waals surface area contributed by atoms with Gasteiger partial charge in [-0.2, -0.15) is 15.6 Å². The van der Waals surface area contributed by atoms with Crippen molar-refractivity contribution in [2.75, 3.05) is 6.54 Å². The van der Waals surface area contributed by atoms with Gasteiger partial charge in [0.2, 0.25) is 10.0 Å². The van der Waals surface area contributed by atoms with Crippen molar-refractivity contribution in [2.24, 2.45) is 0 Å². The number of fused-ring (bicyclic) bond motifs is 2. The molecule has 0 bridgehead atoms. The van der Waals surface area contributed by atoms with E-state index in [-0.39, 0.29) is 6.04 Å². The van der Waals surface area contributed by atoms with Crippen molar-refractivity contribution >= 4 is 26.9 Å². The summed E-state index contributed by atoms with van der Waals surface area (Å²) in [6.45, 7) is 2.45. The number of nitrogens with zero attached hydrogens (tertiary/aromatic N) is 1. The number of sulfonamides is 1. The van der Waals surface area contributed by atoms with Crippen molar-refractivity contribution in [1.29, 1.82) is 0 Å². The summed E-state index contributed by atoms with van der Waals surface area (Å²) in [4.78, 5) is 0.378. The number of hydrogen-bond donors (Lipinski definition) is 0. The van der Waals surface area contributed by atoms with Crippen LogP contribution in [0.2, 0.25) is 0 Å². The van der Waals surface area contributed by atoms with E-state index in [0.717, 1.165) is 30.4 Å². The molecule has 5 heteroatoms. The molecule has 0 saturated carbocycles. The van der Waals surface area contributed by atoms with E-state index in [1.54, 1.807) is 27.8 Å². The van der Waals surface area contributed by atoms with E-state index in [0.29, 0.717) is 11.4 Å². The Kier molecular flexibility index (Phi) is 4.69. The van der Waals surface area contributed by atoms with Crippen LogP contribution in [0.5, 0.6) is 0 Å². The second-order valence-electron chi connectivity index (χ2n) is 7.88. The summed E-state index contributed by atoms with van der Waals surface area (Å²) in [5.74, 6) is 0. The fraction of sp³-hybridized carbons (Fsp3) is 0.250. The smallest absolute Gasteiger partial charge is 0.207 e. The van der Waals surface area contributed by atoms with Gasteiger partial charge in [-0.3, -0.25) is 0 Å². The van der Waals surface area contributed by atoms with E-state index in [4.69, 9.17) is 0 Å². The third-order valence-electron chi connectivity index (χ3n) is 6.11. The monoisotopic (exact) mass is 421 g/mol. The lowest BCUT2D eigenvalue weighted by molar-refractivity contribution is 0.332. The van der Waals surface area contributed by atoms with Crippen molar-refractivity contribution in [1.82, 2.24) is 4.31 Å². The fourth-order valence-electron chi connectivity index (χ4n) is 4.53. The van der Waals surface area contributed by atoms with Gasteiger partial charge >= 0.3 is 0 Å². The summed E-state index contributed by atoms with van der Waals surface area (Å²) in [6, 6.07) is 17.7. The van der Waals surface area contributed by atoms with Gasteiger partial charge in [0, 0.05) is 6.54 Å². The number of benzene rings is 2. The zero-order chi connectivity index (χ0) is 20.0. The van der Waals surface area contributed by atoms with Crippen LogP contribution >= 0.6 is 11.3 Å². The van der Waals surface area contributed by atoms with Crippen LogP contribution in [-0.4, -0.2) is 19.3 Å². The van der Waals surface area contributed by atoms with E-state index >= 15 is 0 Å². The molecule has 1 aromatic heterocycles. The Bertz CT molecular complexity index is 1180. The Labute approximate surface area is 176 Å². The highest BCUT2D eigenvalue weighted by Gasteiger charge is 2.39. The summed E-state index contributed by atoms with van der Waals surface area (Å²) in [5.41, 5.74) is 7.45. The van der Waals surface area contributed by atoms with Crippen LogP contribution in [-0.2, 0) is 16.4 Å². The van der Waals surface area contributed by atoms with Gasteiger partial charge in [-0.25, -0.2) is 8.42 Å². The summed E-state index contributed by atoms with van der Waals surface area (Å²) in [7, 11) is -3.58. The minimum absolute atomic E-state index is 0.169. The van der Waals surface area contributed by atoms with Gasteiger partial charge in [-0.05, 0) is 77.4 Å². The largest absolute Gasteiger partial charge is 0.243 e. The summed E-state index contributed by atoms with van der Waals surface area (Å²) >= 11 is 1.62. The molecule has 2 aliphatic rings. The Morgan fingerprint density at radius 1 is 1.00 bits per heavy atom. The molecule has 2 heterocycles. The molecule has 0 radical (unpaired) electrons. The quantitative estimate of drug-likeness (QED) is 0.553. The highest BCUT2D eigenvalue weighted by molar-refractivity contribution is 7.89. The van der Waals surface area contributed by atoms with Gasteiger partial charge in [0.15, 0.2) is 0 Å². The lowest BCUT2D eigenvalue weighted by Gasteiger charge is -2.39. The summed E-state index contributed by atoms with van der Waals surface area (Å²) in [5, 5.41) is 4.12. The number of aryl methyl sites for hydroxylation is 2. The third-order valence-corrected chi connectivity index (χ3v) is 8.68. The molecule has 0 spiro atoms. The second-order valence-corrected chi connectivity index (χ2v) is 10.5. The molecule has 3 aromatic rings. The predicted octanol–water partition coefficient (Wildman–Crippen LogP) is 5.59. The minimum atomic E-state index is -3.58. The molecule has 1 aliphatic heterocycles. The predicted molar refractivity (Wildman–Crippen MR) is 118 cm³/mol. The normalized spacial score (nSPS) is 19.7. The molecule has 148 valence electrons. The SMILES string of the molecule is Cc1ccc(S(=O)(=O)N2CC3=C(CC2c2ccsc2)c2ccccc2CC3)cc1. The van der Waals surface area contributed by atoms with E-state index in [1.165, 1.54) is 22.3 Å². The van der Waals surface area contributed by atoms with Crippen molar-refractivity contribution < 1.29 is 8.42 Å². The Morgan fingerprint density at radius 3 is 2.55 bits per heavy atom. The maximum atomic E-state index is 13.6. The summed E-state index contributed by atoms with van der Waals surface area (Å²) in [6.07, 6.45) is 2.65. The van der Waals surface area contributed by atoms with Gasteiger partial charge in [0.05, 0.1) is 10.9 Å². The molecule has 0 fully saturated rings. The zero-order valence-electron chi connectivity index (χ0n) is 16.3. The van der Waals surface area contributed by atoms with Gasteiger partial charge in [-0.1, -0.05) is 47.5 Å². The average molecular weight is 422 g/mol. The molecule has 3 nitrogen and oxygen atoms in total. The second kappa shape index (κ2) is 7.24. The first-order chi connectivity index (χ1) is 14.0. The number of thiophene rings is 1. The lowest BCUT2D eigenvalue weighted by Crippen LogP contribution is -2.40. The standard InChI is InChI=1S/C24H23NO2S2/c1-17-6-10-21(11-7-17)29(26,27)25-15-19-9-8-18-4-2-3-5-22(18)23(19)14-24(25)20-12-13-28-16-20/h2-7,10-13,16,24H,8-9,14-15H2,1H3.